The minimum atomic E-state index is 0.351. The van der Waals surface area contributed by atoms with Crippen molar-refractivity contribution in [3.8, 4) is 0 Å². The van der Waals surface area contributed by atoms with Gasteiger partial charge in [-0.25, -0.2) is 0 Å². The molecule has 2 rings (SSSR count). The summed E-state index contributed by atoms with van der Waals surface area (Å²) in [6.45, 7) is 2.36. The molecule has 0 N–H and O–H groups in total. The van der Waals surface area contributed by atoms with Gasteiger partial charge < -0.3 is 4.90 Å². The number of rotatable bonds is 0. The Hall–Kier alpha value is -0.530. The van der Waals surface area contributed by atoms with Crippen LogP contribution in [-0.2, 0) is 4.79 Å². The van der Waals surface area contributed by atoms with Gasteiger partial charge in [-0.3, -0.25) is 4.79 Å². The zero-order valence-corrected chi connectivity index (χ0v) is 8.68. The first-order chi connectivity index (χ1) is 6.13. The highest BCUT2D eigenvalue weighted by Gasteiger charge is 2.43. The van der Waals surface area contributed by atoms with E-state index in [0.29, 0.717) is 17.4 Å². The summed E-state index contributed by atoms with van der Waals surface area (Å²) >= 11 is 0. The Kier molecular flexibility index (Phi) is 2.09. The van der Waals surface area contributed by atoms with Gasteiger partial charge in [0.05, 0.1) is 0 Å². The summed E-state index contributed by atoms with van der Waals surface area (Å²) in [5.74, 6) is 0.351. The molecule has 2 heteroatoms. The summed E-state index contributed by atoms with van der Waals surface area (Å²) in [4.78, 5) is 13.5. The molecule has 0 radical (unpaired) electrons. The Balaban J connectivity index is 2.19. The third-order valence-corrected chi connectivity index (χ3v) is 4.05. The van der Waals surface area contributed by atoms with Crippen molar-refractivity contribution in [2.75, 3.05) is 7.05 Å². The van der Waals surface area contributed by atoms with Crippen LogP contribution in [-0.4, -0.2) is 23.9 Å². The van der Waals surface area contributed by atoms with Gasteiger partial charge in [-0.2, -0.15) is 0 Å². The summed E-state index contributed by atoms with van der Waals surface area (Å²) in [6, 6.07) is 0.530. The molecule has 1 saturated heterocycles. The topological polar surface area (TPSA) is 20.3 Å². The van der Waals surface area contributed by atoms with Crippen molar-refractivity contribution in [2.24, 2.45) is 5.41 Å². The van der Waals surface area contributed by atoms with Gasteiger partial charge in [-0.05, 0) is 24.7 Å². The number of amides is 1. The Morgan fingerprint density at radius 2 is 2.15 bits per heavy atom. The van der Waals surface area contributed by atoms with Crippen molar-refractivity contribution in [3.63, 3.8) is 0 Å². The number of hydrogen-bond acceptors (Lipinski definition) is 1. The lowest BCUT2D eigenvalue weighted by Gasteiger charge is -2.49. The fourth-order valence-electron chi connectivity index (χ4n) is 3.08. The highest BCUT2D eigenvalue weighted by molar-refractivity contribution is 5.77. The molecule has 2 nitrogen and oxygen atoms in total. The van der Waals surface area contributed by atoms with E-state index in [1.165, 1.54) is 25.7 Å². The van der Waals surface area contributed by atoms with E-state index >= 15 is 0 Å². The molecular formula is C11H19NO. The zero-order valence-electron chi connectivity index (χ0n) is 8.68. The van der Waals surface area contributed by atoms with Crippen molar-refractivity contribution in [3.05, 3.63) is 0 Å². The molecule has 0 aromatic heterocycles. The average molecular weight is 181 g/mol. The predicted octanol–water partition coefficient (Wildman–Crippen LogP) is 2.19. The first-order valence-electron chi connectivity index (χ1n) is 5.39. The molecule has 1 aliphatic heterocycles. The number of hydrogen-bond donors (Lipinski definition) is 0. The van der Waals surface area contributed by atoms with Gasteiger partial charge in [-0.15, -0.1) is 0 Å². The van der Waals surface area contributed by atoms with Gasteiger partial charge in [0.2, 0.25) is 5.91 Å². The lowest BCUT2D eigenvalue weighted by molar-refractivity contribution is -0.142. The SMILES string of the molecule is CN1C(=O)CC[C@]2(C)CCCC[C@@H]12. The van der Waals surface area contributed by atoms with Crippen LogP contribution in [0, 0.1) is 5.41 Å². The summed E-state index contributed by atoms with van der Waals surface area (Å²) in [5.41, 5.74) is 0.431. The third-order valence-electron chi connectivity index (χ3n) is 4.05. The molecule has 2 atom stereocenters. The smallest absolute Gasteiger partial charge is 0.222 e. The minimum Gasteiger partial charge on any atom is -0.342 e. The quantitative estimate of drug-likeness (QED) is 0.561. The fourth-order valence-corrected chi connectivity index (χ4v) is 3.08. The van der Waals surface area contributed by atoms with E-state index in [9.17, 15) is 4.79 Å². The number of carbonyl (C=O) groups is 1. The first-order valence-corrected chi connectivity index (χ1v) is 5.39. The molecule has 1 heterocycles. The van der Waals surface area contributed by atoms with Crippen molar-refractivity contribution in [1.82, 2.24) is 4.90 Å². The lowest BCUT2D eigenvalue weighted by atomic mass is 9.66. The van der Waals surface area contributed by atoms with Crippen molar-refractivity contribution in [2.45, 2.75) is 51.5 Å². The monoisotopic (exact) mass is 181 g/mol. The maximum absolute atomic E-state index is 11.5. The van der Waals surface area contributed by atoms with E-state index in [0.717, 1.165) is 12.8 Å². The number of likely N-dealkylation sites (tertiary alicyclic amines) is 1. The lowest BCUT2D eigenvalue weighted by Crippen LogP contribution is -2.53. The van der Waals surface area contributed by atoms with Crippen LogP contribution in [0.15, 0.2) is 0 Å². The van der Waals surface area contributed by atoms with Gasteiger partial charge in [0.25, 0.3) is 0 Å². The van der Waals surface area contributed by atoms with Crippen molar-refractivity contribution in [1.29, 1.82) is 0 Å². The molecule has 0 bridgehead atoms. The fraction of sp³-hybridized carbons (Fsp3) is 0.909. The summed E-state index contributed by atoms with van der Waals surface area (Å²) in [5, 5.41) is 0. The van der Waals surface area contributed by atoms with Crippen LogP contribution in [0.25, 0.3) is 0 Å². The molecule has 0 unspecified atom stereocenters. The second-order valence-corrected chi connectivity index (χ2v) is 4.92. The van der Waals surface area contributed by atoms with Gasteiger partial charge in [0.1, 0.15) is 0 Å². The molecule has 0 aromatic carbocycles. The highest BCUT2D eigenvalue weighted by atomic mass is 16.2. The summed E-state index contributed by atoms with van der Waals surface area (Å²) in [7, 11) is 1.98. The highest BCUT2D eigenvalue weighted by Crippen LogP contribution is 2.45. The molecular weight excluding hydrogens is 162 g/mol. The summed E-state index contributed by atoms with van der Waals surface area (Å²) in [6.07, 6.45) is 7.07. The van der Waals surface area contributed by atoms with E-state index in [4.69, 9.17) is 0 Å². The Morgan fingerprint density at radius 3 is 2.92 bits per heavy atom. The van der Waals surface area contributed by atoms with Crippen molar-refractivity contribution < 1.29 is 4.79 Å². The van der Waals surface area contributed by atoms with Gasteiger partial charge in [0.15, 0.2) is 0 Å². The number of nitrogens with zero attached hydrogens (tertiary/aromatic N) is 1. The van der Waals surface area contributed by atoms with Gasteiger partial charge in [0, 0.05) is 19.5 Å². The maximum atomic E-state index is 11.5. The second-order valence-electron chi connectivity index (χ2n) is 4.92. The average Bonchev–Trinajstić information content (AvgIpc) is 2.12. The largest absolute Gasteiger partial charge is 0.342 e. The Morgan fingerprint density at radius 1 is 1.38 bits per heavy atom. The van der Waals surface area contributed by atoms with Crippen LogP contribution in [0.1, 0.15) is 45.4 Å². The second kappa shape index (κ2) is 3.00. The van der Waals surface area contributed by atoms with Crippen LogP contribution in [0.3, 0.4) is 0 Å². The van der Waals surface area contributed by atoms with Crippen LogP contribution >= 0.6 is 0 Å². The molecule has 74 valence electrons. The van der Waals surface area contributed by atoms with E-state index in [-0.39, 0.29) is 0 Å². The molecule has 1 saturated carbocycles. The Labute approximate surface area is 80.3 Å². The first kappa shape index (κ1) is 9.04. The molecule has 1 aliphatic carbocycles. The standard InChI is InChI=1S/C11H19NO/c1-11-7-4-3-5-9(11)12(2)10(13)6-8-11/h9H,3-8H2,1-2H3/t9-,11+/m1/s1. The number of carbonyl (C=O) groups excluding carboxylic acids is 1. The minimum absolute atomic E-state index is 0.351. The maximum Gasteiger partial charge on any atom is 0.222 e. The molecule has 0 spiro atoms. The predicted molar refractivity (Wildman–Crippen MR) is 52.4 cm³/mol. The zero-order chi connectivity index (χ0) is 9.47. The molecule has 13 heavy (non-hydrogen) atoms. The van der Waals surface area contributed by atoms with Crippen LogP contribution < -0.4 is 0 Å². The van der Waals surface area contributed by atoms with Crippen LogP contribution in [0.4, 0.5) is 0 Å². The normalized spacial score (nSPS) is 40.3. The number of piperidine rings is 1. The number of fused-ring (bicyclic) bond motifs is 1. The molecule has 0 aromatic rings. The van der Waals surface area contributed by atoms with Crippen LogP contribution in [0.2, 0.25) is 0 Å². The Bertz CT molecular complexity index is 226. The third kappa shape index (κ3) is 1.36. The van der Waals surface area contributed by atoms with E-state index in [1.54, 1.807) is 0 Å². The van der Waals surface area contributed by atoms with Crippen LogP contribution in [0.5, 0.6) is 0 Å². The van der Waals surface area contributed by atoms with E-state index in [1.807, 2.05) is 11.9 Å². The van der Waals surface area contributed by atoms with E-state index < -0.39 is 0 Å². The van der Waals surface area contributed by atoms with Gasteiger partial charge >= 0.3 is 0 Å². The van der Waals surface area contributed by atoms with Crippen molar-refractivity contribution >= 4 is 5.91 Å². The molecule has 1 amide bonds. The van der Waals surface area contributed by atoms with E-state index in [2.05, 4.69) is 6.92 Å². The summed E-state index contributed by atoms with van der Waals surface area (Å²) < 4.78 is 0. The van der Waals surface area contributed by atoms with Gasteiger partial charge in [-0.1, -0.05) is 19.8 Å². The molecule has 2 aliphatic rings. The molecule has 2 fully saturated rings.